The number of nitrogen functional groups attached to an aromatic ring is 1. The molecule has 172 valence electrons. The highest BCUT2D eigenvalue weighted by atomic mass is 16.5. The molecule has 2 aliphatic heterocycles. The van der Waals surface area contributed by atoms with Crippen LogP contribution in [0.15, 0.2) is 30.5 Å². The molecule has 0 spiro atoms. The van der Waals surface area contributed by atoms with Gasteiger partial charge in [-0.3, -0.25) is 4.79 Å². The minimum absolute atomic E-state index is 0.220. The molecule has 4 rings (SSSR count). The number of ether oxygens (including phenoxy) is 1. The van der Waals surface area contributed by atoms with Crippen molar-refractivity contribution in [3.05, 3.63) is 41.6 Å². The minimum atomic E-state index is -0.272. The van der Waals surface area contributed by atoms with Crippen molar-refractivity contribution in [2.45, 2.75) is 51.6 Å². The summed E-state index contributed by atoms with van der Waals surface area (Å²) >= 11 is 0. The van der Waals surface area contributed by atoms with Crippen LogP contribution in [0.25, 0.3) is 0 Å². The first-order valence-electron chi connectivity index (χ1n) is 11.8. The van der Waals surface area contributed by atoms with E-state index in [0.29, 0.717) is 30.7 Å². The number of aromatic nitrogens is 2. The van der Waals surface area contributed by atoms with Gasteiger partial charge in [0.05, 0.1) is 12.2 Å². The summed E-state index contributed by atoms with van der Waals surface area (Å²) in [6.07, 6.45) is 7.79. The fourth-order valence-electron chi connectivity index (χ4n) is 4.57. The Morgan fingerprint density at radius 3 is 2.50 bits per heavy atom. The average molecular weight is 439 g/mol. The number of nitrogens with two attached hydrogens (primary N) is 1. The quantitative estimate of drug-likeness (QED) is 0.686. The van der Waals surface area contributed by atoms with E-state index in [-0.39, 0.29) is 11.7 Å². The van der Waals surface area contributed by atoms with Gasteiger partial charge in [-0.1, -0.05) is 18.6 Å². The highest BCUT2D eigenvalue weighted by Crippen LogP contribution is 2.24. The van der Waals surface area contributed by atoms with Crippen molar-refractivity contribution in [1.82, 2.24) is 20.2 Å². The third-order valence-electron chi connectivity index (χ3n) is 6.39. The summed E-state index contributed by atoms with van der Waals surface area (Å²) in [7, 11) is 0. The molecule has 0 atom stereocenters. The normalized spacial score (nSPS) is 17.8. The first-order chi connectivity index (χ1) is 15.6. The van der Waals surface area contributed by atoms with Gasteiger partial charge in [0.25, 0.3) is 5.91 Å². The fourth-order valence-corrected chi connectivity index (χ4v) is 4.57. The van der Waals surface area contributed by atoms with Crippen molar-refractivity contribution >= 4 is 17.7 Å². The predicted molar refractivity (Wildman–Crippen MR) is 126 cm³/mol. The first kappa shape index (κ1) is 22.3. The van der Waals surface area contributed by atoms with Crippen LogP contribution in [0.5, 0.6) is 5.75 Å². The number of carbonyl (C=O) groups excluding carboxylic acids is 1. The van der Waals surface area contributed by atoms with Crippen molar-refractivity contribution in [1.29, 1.82) is 0 Å². The molecule has 0 radical (unpaired) electrons. The van der Waals surface area contributed by atoms with Gasteiger partial charge in [-0.15, -0.1) is 0 Å². The molecule has 0 unspecified atom stereocenters. The van der Waals surface area contributed by atoms with Crippen molar-refractivity contribution in [2.24, 2.45) is 0 Å². The molecule has 8 heteroatoms. The van der Waals surface area contributed by atoms with E-state index in [9.17, 15) is 4.79 Å². The van der Waals surface area contributed by atoms with E-state index < -0.39 is 0 Å². The van der Waals surface area contributed by atoms with Crippen LogP contribution in [0.2, 0.25) is 0 Å². The van der Waals surface area contributed by atoms with Crippen molar-refractivity contribution in [2.75, 3.05) is 43.4 Å². The third-order valence-corrected chi connectivity index (χ3v) is 6.39. The van der Waals surface area contributed by atoms with Gasteiger partial charge in [-0.2, -0.15) is 4.98 Å². The Hall–Kier alpha value is -2.87. The van der Waals surface area contributed by atoms with Crippen LogP contribution in [-0.4, -0.2) is 59.6 Å². The van der Waals surface area contributed by atoms with Crippen LogP contribution in [0.1, 0.15) is 54.9 Å². The van der Waals surface area contributed by atoms with Crippen LogP contribution in [0.4, 0.5) is 11.8 Å². The number of piperidine rings is 2. The maximum atomic E-state index is 12.6. The van der Waals surface area contributed by atoms with Crippen LogP contribution in [-0.2, 0) is 6.54 Å². The first-order valence-corrected chi connectivity index (χ1v) is 11.8. The van der Waals surface area contributed by atoms with E-state index in [2.05, 4.69) is 25.1 Å². The topological polar surface area (TPSA) is 96.6 Å². The van der Waals surface area contributed by atoms with Crippen molar-refractivity contribution in [3.8, 4) is 5.75 Å². The molecule has 3 heterocycles. The number of benzene rings is 1. The molecule has 0 aliphatic carbocycles. The van der Waals surface area contributed by atoms with Crippen LogP contribution < -0.4 is 20.7 Å². The zero-order valence-electron chi connectivity index (χ0n) is 18.9. The van der Waals surface area contributed by atoms with Crippen molar-refractivity contribution < 1.29 is 9.53 Å². The monoisotopic (exact) mass is 438 g/mol. The van der Waals surface area contributed by atoms with Crippen LogP contribution >= 0.6 is 0 Å². The lowest BCUT2D eigenvalue weighted by Gasteiger charge is -2.40. The zero-order valence-corrected chi connectivity index (χ0v) is 18.9. The van der Waals surface area contributed by atoms with Gasteiger partial charge in [-0.05, 0) is 63.4 Å². The number of carbonyl (C=O) groups is 1. The van der Waals surface area contributed by atoms with E-state index in [1.165, 1.54) is 32.4 Å². The average Bonchev–Trinajstić information content (AvgIpc) is 2.84. The molecule has 2 fully saturated rings. The Morgan fingerprint density at radius 2 is 1.84 bits per heavy atom. The Morgan fingerprint density at radius 1 is 1.12 bits per heavy atom. The Labute approximate surface area is 190 Å². The molecule has 0 saturated carbocycles. The molecule has 1 amide bonds. The van der Waals surface area contributed by atoms with Gasteiger partial charge in [-0.25, -0.2) is 4.98 Å². The largest absolute Gasteiger partial charge is 0.494 e. The van der Waals surface area contributed by atoms with E-state index in [1.807, 2.05) is 31.2 Å². The number of rotatable bonds is 7. The van der Waals surface area contributed by atoms with E-state index >= 15 is 0 Å². The fraction of sp³-hybridized carbons (Fsp3) is 0.542. The molecule has 3 N–H and O–H groups in total. The second-order valence-electron chi connectivity index (χ2n) is 8.54. The molecule has 8 nitrogen and oxygen atoms in total. The van der Waals surface area contributed by atoms with Gasteiger partial charge >= 0.3 is 0 Å². The third kappa shape index (κ3) is 5.48. The van der Waals surface area contributed by atoms with Crippen LogP contribution in [0, 0.1) is 0 Å². The van der Waals surface area contributed by atoms with Crippen molar-refractivity contribution in [3.63, 3.8) is 0 Å². The molecule has 2 saturated heterocycles. The SMILES string of the molecule is CCOc1ccc(CNC(=O)c2cnc(N3CCC(N4CCCCC4)CC3)nc2N)cc1. The van der Waals surface area contributed by atoms with E-state index in [4.69, 9.17) is 10.5 Å². The summed E-state index contributed by atoms with van der Waals surface area (Å²) in [5, 5.41) is 2.89. The minimum Gasteiger partial charge on any atom is -0.494 e. The van der Waals surface area contributed by atoms with Gasteiger partial charge in [0, 0.05) is 31.9 Å². The predicted octanol–water partition coefficient (Wildman–Crippen LogP) is 2.84. The molecule has 2 aliphatic rings. The number of amides is 1. The molecule has 1 aromatic heterocycles. The lowest BCUT2D eigenvalue weighted by atomic mass is 10.0. The number of likely N-dealkylation sites (tertiary alicyclic amines) is 1. The molecule has 32 heavy (non-hydrogen) atoms. The molecule has 0 bridgehead atoms. The van der Waals surface area contributed by atoms with Gasteiger partial charge < -0.3 is 25.6 Å². The zero-order chi connectivity index (χ0) is 22.3. The number of anilines is 2. The van der Waals surface area contributed by atoms with Gasteiger partial charge in [0.15, 0.2) is 0 Å². The smallest absolute Gasteiger partial charge is 0.256 e. The summed E-state index contributed by atoms with van der Waals surface area (Å²) in [5.41, 5.74) is 7.42. The number of hydrogen-bond donors (Lipinski definition) is 2. The highest BCUT2D eigenvalue weighted by molar-refractivity contribution is 5.98. The Bertz CT molecular complexity index is 890. The summed E-state index contributed by atoms with van der Waals surface area (Å²) in [6.45, 7) is 7.28. The lowest BCUT2D eigenvalue weighted by Crippen LogP contribution is -2.47. The van der Waals surface area contributed by atoms with Crippen LogP contribution in [0.3, 0.4) is 0 Å². The number of nitrogens with zero attached hydrogens (tertiary/aromatic N) is 4. The second kappa shape index (κ2) is 10.6. The molecular formula is C24H34N6O2. The summed E-state index contributed by atoms with van der Waals surface area (Å²) in [5.74, 6) is 1.38. The Kier molecular flexibility index (Phi) is 7.42. The number of nitrogens with one attached hydrogen (secondary N) is 1. The molecule has 1 aromatic carbocycles. The van der Waals surface area contributed by atoms with Gasteiger partial charge in [0.1, 0.15) is 11.6 Å². The summed E-state index contributed by atoms with van der Waals surface area (Å²) < 4.78 is 5.44. The summed E-state index contributed by atoms with van der Waals surface area (Å²) in [6, 6.07) is 8.32. The molecule has 2 aromatic rings. The summed E-state index contributed by atoms with van der Waals surface area (Å²) in [4.78, 5) is 26.3. The maximum Gasteiger partial charge on any atom is 0.256 e. The van der Waals surface area contributed by atoms with E-state index in [1.54, 1.807) is 6.20 Å². The second-order valence-corrected chi connectivity index (χ2v) is 8.54. The highest BCUT2D eigenvalue weighted by Gasteiger charge is 2.27. The Balaban J connectivity index is 1.30. The van der Waals surface area contributed by atoms with Gasteiger partial charge in [0.2, 0.25) is 5.95 Å². The maximum absolute atomic E-state index is 12.6. The molecular weight excluding hydrogens is 404 g/mol. The standard InChI is InChI=1S/C24H34N6O2/c1-2-32-20-8-6-18(7-9-20)16-26-23(31)21-17-27-24(28-22(21)25)30-14-10-19(11-15-30)29-12-4-3-5-13-29/h6-9,17,19H,2-5,10-16H2,1H3,(H,26,31)(H2,25,27,28). The number of hydrogen-bond acceptors (Lipinski definition) is 7. The van der Waals surface area contributed by atoms with E-state index in [0.717, 1.165) is 37.2 Å². The lowest BCUT2D eigenvalue weighted by molar-refractivity contribution is 0.0951.